The number of ether oxygens (including phenoxy) is 1. The number of hydrogen-bond acceptors (Lipinski definition) is 4. The standard InChI is InChI=1S/C19H22N2O4S/c1-12-8-14(3)18(9-13(12)2)25-7-6-20-26(23,24)16-4-5-17-15(10-16)11-19(22)21-17/h4-5,8-10,20H,6-7,11H2,1-3H3,(H,21,22). The van der Waals surface area contributed by atoms with Crippen LogP contribution in [-0.4, -0.2) is 27.5 Å². The van der Waals surface area contributed by atoms with E-state index in [1.165, 1.54) is 17.7 Å². The van der Waals surface area contributed by atoms with Gasteiger partial charge in [0.2, 0.25) is 15.9 Å². The van der Waals surface area contributed by atoms with Crippen LogP contribution in [0, 0.1) is 20.8 Å². The molecule has 1 amide bonds. The number of hydrogen-bond donors (Lipinski definition) is 2. The fourth-order valence-corrected chi connectivity index (χ4v) is 3.95. The van der Waals surface area contributed by atoms with Crippen molar-refractivity contribution < 1.29 is 17.9 Å². The number of aryl methyl sites for hydroxylation is 3. The third-order valence-electron chi connectivity index (χ3n) is 4.46. The topological polar surface area (TPSA) is 84.5 Å². The average Bonchev–Trinajstić information content (AvgIpc) is 2.95. The Hall–Kier alpha value is -2.38. The van der Waals surface area contributed by atoms with Gasteiger partial charge in [-0.05, 0) is 67.3 Å². The molecule has 1 aliphatic heterocycles. The molecule has 2 aromatic carbocycles. The highest BCUT2D eigenvalue weighted by molar-refractivity contribution is 7.89. The lowest BCUT2D eigenvalue weighted by molar-refractivity contribution is -0.115. The van der Waals surface area contributed by atoms with Gasteiger partial charge in [-0.25, -0.2) is 13.1 Å². The van der Waals surface area contributed by atoms with Crippen LogP contribution in [0.3, 0.4) is 0 Å². The first-order valence-electron chi connectivity index (χ1n) is 8.39. The van der Waals surface area contributed by atoms with Crippen molar-refractivity contribution in [2.75, 3.05) is 18.5 Å². The number of anilines is 1. The van der Waals surface area contributed by atoms with Gasteiger partial charge in [0.1, 0.15) is 12.4 Å². The van der Waals surface area contributed by atoms with Crippen LogP contribution in [0.5, 0.6) is 5.75 Å². The molecule has 0 saturated heterocycles. The monoisotopic (exact) mass is 374 g/mol. The number of carbonyl (C=O) groups excluding carboxylic acids is 1. The zero-order chi connectivity index (χ0) is 18.9. The van der Waals surface area contributed by atoms with E-state index in [1.54, 1.807) is 6.07 Å². The number of amides is 1. The second-order valence-corrected chi connectivity index (χ2v) is 8.26. The number of rotatable bonds is 6. The number of benzene rings is 2. The van der Waals surface area contributed by atoms with Gasteiger partial charge in [0.25, 0.3) is 0 Å². The number of sulfonamides is 1. The van der Waals surface area contributed by atoms with Crippen molar-refractivity contribution in [3.8, 4) is 5.75 Å². The quantitative estimate of drug-likeness (QED) is 0.761. The van der Waals surface area contributed by atoms with E-state index in [0.29, 0.717) is 11.3 Å². The average molecular weight is 374 g/mol. The van der Waals surface area contributed by atoms with Crippen molar-refractivity contribution in [1.29, 1.82) is 0 Å². The summed E-state index contributed by atoms with van der Waals surface area (Å²) in [5.74, 6) is 0.633. The second-order valence-electron chi connectivity index (χ2n) is 6.49. The molecule has 0 aliphatic carbocycles. The molecule has 7 heteroatoms. The summed E-state index contributed by atoms with van der Waals surface area (Å²) in [5.41, 5.74) is 4.71. The van der Waals surface area contributed by atoms with Crippen LogP contribution >= 0.6 is 0 Å². The number of fused-ring (bicyclic) bond motifs is 1. The van der Waals surface area contributed by atoms with Crippen LogP contribution in [0.4, 0.5) is 5.69 Å². The van der Waals surface area contributed by atoms with Crippen LogP contribution < -0.4 is 14.8 Å². The van der Waals surface area contributed by atoms with E-state index in [1.807, 2.05) is 26.8 Å². The molecule has 2 aromatic rings. The zero-order valence-electron chi connectivity index (χ0n) is 15.0. The smallest absolute Gasteiger partial charge is 0.240 e. The summed E-state index contributed by atoms with van der Waals surface area (Å²) in [6, 6.07) is 8.65. The van der Waals surface area contributed by atoms with E-state index in [-0.39, 0.29) is 30.4 Å². The Labute approximate surface area is 153 Å². The summed E-state index contributed by atoms with van der Waals surface area (Å²) in [5, 5.41) is 2.69. The highest BCUT2D eigenvalue weighted by Gasteiger charge is 2.21. The van der Waals surface area contributed by atoms with E-state index < -0.39 is 10.0 Å². The Morgan fingerprint density at radius 3 is 2.58 bits per heavy atom. The molecule has 3 rings (SSSR count). The Morgan fingerprint density at radius 2 is 1.81 bits per heavy atom. The summed E-state index contributed by atoms with van der Waals surface area (Å²) in [6.45, 7) is 6.40. The van der Waals surface area contributed by atoms with Gasteiger partial charge in [-0.2, -0.15) is 0 Å². The molecule has 26 heavy (non-hydrogen) atoms. The molecule has 0 saturated carbocycles. The van der Waals surface area contributed by atoms with Gasteiger partial charge < -0.3 is 10.1 Å². The van der Waals surface area contributed by atoms with E-state index in [2.05, 4.69) is 16.1 Å². The molecule has 6 nitrogen and oxygen atoms in total. The minimum absolute atomic E-state index is 0.125. The fraction of sp³-hybridized carbons (Fsp3) is 0.316. The molecule has 0 spiro atoms. The van der Waals surface area contributed by atoms with Gasteiger partial charge in [-0.3, -0.25) is 4.79 Å². The largest absolute Gasteiger partial charge is 0.492 e. The highest BCUT2D eigenvalue weighted by Crippen LogP contribution is 2.26. The maximum atomic E-state index is 12.4. The molecular weight excluding hydrogens is 352 g/mol. The summed E-state index contributed by atoms with van der Waals surface area (Å²) < 4.78 is 33.1. The van der Waals surface area contributed by atoms with Crippen molar-refractivity contribution in [2.24, 2.45) is 0 Å². The third-order valence-corrected chi connectivity index (χ3v) is 5.91. The van der Waals surface area contributed by atoms with Crippen molar-refractivity contribution in [2.45, 2.75) is 32.1 Å². The lowest BCUT2D eigenvalue weighted by atomic mass is 10.1. The highest BCUT2D eigenvalue weighted by atomic mass is 32.2. The first kappa shape index (κ1) is 18.4. The van der Waals surface area contributed by atoms with Crippen molar-refractivity contribution in [1.82, 2.24) is 4.72 Å². The molecule has 0 fully saturated rings. The maximum absolute atomic E-state index is 12.4. The fourth-order valence-electron chi connectivity index (χ4n) is 2.88. The number of carbonyl (C=O) groups is 1. The zero-order valence-corrected chi connectivity index (χ0v) is 15.9. The Bertz CT molecular complexity index is 968. The number of nitrogens with one attached hydrogen (secondary N) is 2. The van der Waals surface area contributed by atoms with Crippen LogP contribution in [0.25, 0.3) is 0 Å². The molecular formula is C19H22N2O4S. The summed E-state index contributed by atoms with van der Waals surface area (Å²) in [4.78, 5) is 11.5. The molecule has 2 N–H and O–H groups in total. The van der Waals surface area contributed by atoms with Gasteiger partial charge in [0.15, 0.2) is 0 Å². The van der Waals surface area contributed by atoms with Crippen LogP contribution in [-0.2, 0) is 21.2 Å². The predicted molar refractivity (Wildman–Crippen MR) is 100 cm³/mol. The molecule has 0 atom stereocenters. The third kappa shape index (κ3) is 3.89. The van der Waals surface area contributed by atoms with Gasteiger partial charge in [-0.15, -0.1) is 0 Å². The first-order valence-corrected chi connectivity index (χ1v) is 9.88. The minimum Gasteiger partial charge on any atom is -0.492 e. The van der Waals surface area contributed by atoms with Crippen molar-refractivity contribution in [3.05, 3.63) is 52.6 Å². The van der Waals surface area contributed by atoms with Gasteiger partial charge >= 0.3 is 0 Å². The minimum atomic E-state index is -3.65. The van der Waals surface area contributed by atoms with E-state index >= 15 is 0 Å². The molecule has 1 aliphatic rings. The van der Waals surface area contributed by atoms with Gasteiger partial charge in [0.05, 0.1) is 11.3 Å². The van der Waals surface area contributed by atoms with Crippen molar-refractivity contribution >= 4 is 21.6 Å². The van der Waals surface area contributed by atoms with Crippen LogP contribution in [0.2, 0.25) is 0 Å². The molecule has 138 valence electrons. The Morgan fingerprint density at radius 1 is 1.08 bits per heavy atom. The Kier molecular flexibility index (Phi) is 5.02. The Balaban J connectivity index is 1.60. The van der Waals surface area contributed by atoms with Crippen LogP contribution in [0.15, 0.2) is 35.2 Å². The van der Waals surface area contributed by atoms with E-state index in [4.69, 9.17) is 4.74 Å². The van der Waals surface area contributed by atoms with E-state index in [9.17, 15) is 13.2 Å². The van der Waals surface area contributed by atoms with Crippen LogP contribution in [0.1, 0.15) is 22.3 Å². The summed E-state index contributed by atoms with van der Waals surface area (Å²) >= 11 is 0. The predicted octanol–water partition coefficient (Wildman–Crippen LogP) is 2.46. The molecule has 0 bridgehead atoms. The molecule has 0 unspecified atom stereocenters. The molecule has 0 radical (unpaired) electrons. The van der Waals surface area contributed by atoms with Crippen molar-refractivity contribution in [3.63, 3.8) is 0 Å². The van der Waals surface area contributed by atoms with Gasteiger partial charge in [-0.1, -0.05) is 6.07 Å². The lowest BCUT2D eigenvalue weighted by Gasteiger charge is -2.13. The molecule has 1 heterocycles. The SMILES string of the molecule is Cc1cc(C)c(OCCNS(=O)(=O)c2ccc3c(c2)CC(=O)N3)cc1C. The van der Waals surface area contributed by atoms with Gasteiger partial charge in [0, 0.05) is 12.2 Å². The summed E-state index contributed by atoms with van der Waals surface area (Å²) in [6.07, 6.45) is 0.202. The second kappa shape index (κ2) is 7.09. The van der Waals surface area contributed by atoms with E-state index in [0.717, 1.165) is 16.9 Å². The maximum Gasteiger partial charge on any atom is 0.240 e. The molecule has 0 aromatic heterocycles. The lowest BCUT2D eigenvalue weighted by Crippen LogP contribution is -2.28. The summed E-state index contributed by atoms with van der Waals surface area (Å²) in [7, 11) is -3.65. The first-order chi connectivity index (χ1) is 12.3. The normalized spacial score (nSPS) is 13.4.